The van der Waals surface area contributed by atoms with E-state index in [9.17, 15) is 9.32 Å². The molecular weight excluding hydrogens is 422 g/mol. The van der Waals surface area contributed by atoms with E-state index in [-0.39, 0.29) is 18.1 Å². The highest BCUT2D eigenvalue weighted by Gasteiger charge is 2.40. The van der Waals surface area contributed by atoms with Gasteiger partial charge in [-0.05, 0) is 44.7 Å². The van der Waals surface area contributed by atoms with Gasteiger partial charge in [-0.2, -0.15) is 0 Å². The second-order valence-corrected chi connectivity index (χ2v) is 11.8. The number of rotatable bonds is 9. The summed E-state index contributed by atoms with van der Waals surface area (Å²) >= 11 is 0. The summed E-state index contributed by atoms with van der Waals surface area (Å²) in [6, 6.07) is 19.9. The van der Waals surface area contributed by atoms with Crippen LogP contribution in [0.2, 0.25) is 0 Å². The minimum atomic E-state index is -1.28. The zero-order valence-electron chi connectivity index (χ0n) is 19.6. The SMILES string of the molecule is CC1CC[C@@H]([C@H](COCc2ccccc2)N(Cc2ccccc2)S(=O)C(C)(C)C)OC1O. The summed E-state index contributed by atoms with van der Waals surface area (Å²) < 4.78 is 27.5. The second kappa shape index (κ2) is 11.5. The third kappa shape index (κ3) is 6.96. The van der Waals surface area contributed by atoms with Gasteiger partial charge in [0.2, 0.25) is 0 Å². The number of aliphatic hydroxyl groups excluding tert-OH is 1. The molecule has 2 aromatic rings. The average Bonchev–Trinajstić information content (AvgIpc) is 2.78. The van der Waals surface area contributed by atoms with Crippen molar-refractivity contribution in [3.8, 4) is 0 Å². The van der Waals surface area contributed by atoms with Gasteiger partial charge in [0.15, 0.2) is 6.29 Å². The number of hydrogen-bond donors (Lipinski definition) is 1. The highest BCUT2D eigenvalue weighted by Crippen LogP contribution is 2.30. The molecule has 1 saturated heterocycles. The minimum absolute atomic E-state index is 0.0906. The fraction of sp³-hybridized carbons (Fsp3) is 0.538. The molecule has 0 radical (unpaired) electrons. The normalized spacial score (nSPS) is 23.8. The fourth-order valence-electron chi connectivity index (χ4n) is 3.90. The topological polar surface area (TPSA) is 59.0 Å². The summed E-state index contributed by atoms with van der Waals surface area (Å²) in [6.07, 6.45) is 0.589. The van der Waals surface area contributed by atoms with Crippen LogP contribution in [-0.4, -0.2) is 43.4 Å². The van der Waals surface area contributed by atoms with Crippen LogP contribution in [-0.2, 0) is 33.6 Å². The molecule has 1 heterocycles. The van der Waals surface area contributed by atoms with Gasteiger partial charge in [-0.15, -0.1) is 0 Å². The molecule has 1 aliphatic rings. The van der Waals surface area contributed by atoms with Gasteiger partial charge in [-0.1, -0.05) is 67.6 Å². The van der Waals surface area contributed by atoms with Crippen molar-refractivity contribution < 1.29 is 18.8 Å². The van der Waals surface area contributed by atoms with Crippen molar-refractivity contribution in [2.75, 3.05) is 6.61 Å². The quantitative estimate of drug-likeness (QED) is 0.592. The Balaban J connectivity index is 1.85. The molecule has 0 saturated carbocycles. The number of aliphatic hydroxyl groups is 1. The Morgan fingerprint density at radius 1 is 1.06 bits per heavy atom. The summed E-state index contributed by atoms with van der Waals surface area (Å²) in [4.78, 5) is 0. The fourth-order valence-corrected chi connectivity index (χ4v) is 5.31. The molecule has 2 aromatic carbocycles. The van der Waals surface area contributed by atoms with Gasteiger partial charge in [0.25, 0.3) is 0 Å². The van der Waals surface area contributed by atoms with Crippen LogP contribution in [0.15, 0.2) is 60.7 Å². The first-order valence-corrected chi connectivity index (χ1v) is 12.5. The number of hydrogen-bond acceptors (Lipinski definition) is 4. The average molecular weight is 460 g/mol. The van der Waals surface area contributed by atoms with E-state index in [1.165, 1.54) is 0 Å². The van der Waals surface area contributed by atoms with E-state index in [4.69, 9.17) is 9.47 Å². The molecule has 3 unspecified atom stereocenters. The van der Waals surface area contributed by atoms with Crippen LogP contribution in [0.4, 0.5) is 0 Å². The number of nitrogens with zero attached hydrogens (tertiary/aromatic N) is 1. The van der Waals surface area contributed by atoms with E-state index in [1.54, 1.807) is 0 Å². The van der Waals surface area contributed by atoms with E-state index in [2.05, 4.69) is 0 Å². The summed E-state index contributed by atoms with van der Waals surface area (Å²) in [5.74, 6) is 0.0906. The molecule has 5 atom stereocenters. The third-order valence-corrected chi connectivity index (χ3v) is 7.70. The Labute approximate surface area is 195 Å². The predicted octanol–water partition coefficient (Wildman–Crippen LogP) is 4.67. The Morgan fingerprint density at radius 3 is 2.22 bits per heavy atom. The van der Waals surface area contributed by atoms with Crippen molar-refractivity contribution in [1.29, 1.82) is 0 Å². The maximum atomic E-state index is 13.7. The van der Waals surface area contributed by atoms with Gasteiger partial charge in [0.1, 0.15) is 11.0 Å². The van der Waals surface area contributed by atoms with Crippen LogP contribution < -0.4 is 0 Å². The van der Waals surface area contributed by atoms with Crippen molar-refractivity contribution >= 4 is 11.0 Å². The molecule has 1 fully saturated rings. The van der Waals surface area contributed by atoms with E-state index < -0.39 is 22.0 Å². The van der Waals surface area contributed by atoms with E-state index in [0.717, 1.165) is 24.0 Å². The Morgan fingerprint density at radius 2 is 1.66 bits per heavy atom. The lowest BCUT2D eigenvalue weighted by molar-refractivity contribution is -0.205. The molecule has 0 aliphatic carbocycles. The van der Waals surface area contributed by atoms with Crippen LogP contribution in [0.25, 0.3) is 0 Å². The van der Waals surface area contributed by atoms with Crippen LogP contribution in [0.1, 0.15) is 51.7 Å². The monoisotopic (exact) mass is 459 g/mol. The van der Waals surface area contributed by atoms with E-state index in [1.807, 2.05) is 92.7 Å². The lowest BCUT2D eigenvalue weighted by Crippen LogP contribution is -2.54. The van der Waals surface area contributed by atoms with Crippen molar-refractivity contribution in [2.24, 2.45) is 5.92 Å². The molecule has 3 rings (SSSR count). The van der Waals surface area contributed by atoms with E-state index >= 15 is 0 Å². The smallest absolute Gasteiger partial charge is 0.157 e. The van der Waals surface area contributed by atoms with Gasteiger partial charge in [0, 0.05) is 12.5 Å². The van der Waals surface area contributed by atoms with E-state index in [0.29, 0.717) is 19.8 Å². The second-order valence-electron chi connectivity index (χ2n) is 9.61. The maximum Gasteiger partial charge on any atom is 0.157 e. The first-order valence-electron chi connectivity index (χ1n) is 11.4. The van der Waals surface area contributed by atoms with Crippen LogP contribution in [0.5, 0.6) is 0 Å². The minimum Gasteiger partial charge on any atom is -0.375 e. The van der Waals surface area contributed by atoms with Gasteiger partial charge in [0.05, 0.1) is 30.1 Å². The van der Waals surface area contributed by atoms with Crippen LogP contribution in [0.3, 0.4) is 0 Å². The Hall–Kier alpha value is -1.57. The molecule has 0 amide bonds. The lowest BCUT2D eigenvalue weighted by atomic mass is 9.95. The van der Waals surface area contributed by atoms with Crippen LogP contribution in [0, 0.1) is 5.92 Å². The van der Waals surface area contributed by atoms with Crippen molar-refractivity contribution in [1.82, 2.24) is 4.31 Å². The first-order chi connectivity index (χ1) is 15.3. The molecule has 0 spiro atoms. The maximum absolute atomic E-state index is 13.7. The van der Waals surface area contributed by atoms with Crippen molar-refractivity contribution in [3.63, 3.8) is 0 Å². The Kier molecular flexibility index (Phi) is 9.03. The molecule has 176 valence electrons. The summed E-state index contributed by atoms with van der Waals surface area (Å²) in [5.41, 5.74) is 2.18. The zero-order chi connectivity index (χ0) is 23.1. The molecule has 1 aliphatic heterocycles. The molecule has 6 heteroatoms. The summed E-state index contributed by atoms with van der Waals surface area (Å²) in [7, 11) is -1.28. The number of benzene rings is 2. The van der Waals surface area contributed by atoms with Gasteiger partial charge in [-0.3, -0.25) is 0 Å². The molecular formula is C26H37NO4S. The molecule has 0 bridgehead atoms. The molecule has 0 aromatic heterocycles. The lowest BCUT2D eigenvalue weighted by Gasteiger charge is -2.42. The highest BCUT2D eigenvalue weighted by atomic mass is 32.2. The standard InChI is InChI=1S/C26H37NO4S/c1-20-15-16-24(31-25(20)28)23(19-30-18-22-13-9-6-10-14-22)27(32(29)26(2,3)4)17-21-11-7-5-8-12-21/h5-14,20,23-25,28H,15-19H2,1-4H3/t20?,23-,24-,25?,32?/m0/s1. The summed E-state index contributed by atoms with van der Waals surface area (Å²) in [6.45, 7) is 9.33. The van der Waals surface area contributed by atoms with Gasteiger partial charge in [-0.25, -0.2) is 8.51 Å². The molecule has 1 N–H and O–H groups in total. The molecule has 32 heavy (non-hydrogen) atoms. The van der Waals surface area contributed by atoms with Gasteiger partial charge >= 0.3 is 0 Å². The number of ether oxygens (including phenoxy) is 2. The first kappa shape index (κ1) is 25.1. The Bertz CT molecular complexity index is 840. The van der Waals surface area contributed by atoms with Gasteiger partial charge < -0.3 is 14.6 Å². The van der Waals surface area contributed by atoms with Crippen molar-refractivity contribution in [2.45, 2.75) is 76.9 Å². The highest BCUT2D eigenvalue weighted by molar-refractivity contribution is 7.84. The predicted molar refractivity (Wildman–Crippen MR) is 129 cm³/mol. The zero-order valence-corrected chi connectivity index (χ0v) is 20.5. The molecule has 5 nitrogen and oxygen atoms in total. The summed E-state index contributed by atoms with van der Waals surface area (Å²) in [5, 5.41) is 10.4. The largest absolute Gasteiger partial charge is 0.375 e. The van der Waals surface area contributed by atoms with Crippen LogP contribution >= 0.6 is 0 Å². The van der Waals surface area contributed by atoms with Crippen molar-refractivity contribution in [3.05, 3.63) is 71.8 Å². The third-order valence-electron chi connectivity index (χ3n) is 5.82.